The van der Waals surface area contributed by atoms with E-state index in [-0.39, 0.29) is 35.8 Å². The van der Waals surface area contributed by atoms with Gasteiger partial charge in [0, 0.05) is 63.6 Å². The van der Waals surface area contributed by atoms with Crippen LogP contribution in [0.25, 0.3) is 10.9 Å². The zero-order valence-electron chi connectivity index (χ0n) is 19.7. The van der Waals surface area contributed by atoms with Crippen molar-refractivity contribution in [3.05, 3.63) is 45.9 Å². The number of hydrogen-bond donors (Lipinski definition) is 0. The van der Waals surface area contributed by atoms with Crippen LogP contribution in [0.5, 0.6) is 0 Å². The second-order valence-corrected chi connectivity index (χ2v) is 10.9. The van der Waals surface area contributed by atoms with Gasteiger partial charge in [-0.05, 0) is 30.7 Å². The summed E-state index contributed by atoms with van der Waals surface area (Å²) in [7, 11) is 1.88. The normalized spacial score (nSPS) is 25.0. The van der Waals surface area contributed by atoms with Crippen molar-refractivity contribution in [2.24, 2.45) is 12.5 Å². The molecular weight excluding hydrogens is 454 g/mol. The number of aryl methyl sites for hydroxylation is 2. The lowest BCUT2D eigenvalue weighted by Gasteiger charge is -2.57. The van der Waals surface area contributed by atoms with Crippen LogP contribution in [0.1, 0.15) is 61.2 Å². The first-order valence-corrected chi connectivity index (χ1v) is 12.5. The van der Waals surface area contributed by atoms with Crippen LogP contribution in [-0.2, 0) is 24.8 Å². The maximum atomic E-state index is 13.6. The summed E-state index contributed by atoms with van der Waals surface area (Å²) in [6, 6.07) is 1.87. The summed E-state index contributed by atoms with van der Waals surface area (Å²) in [5.41, 5.74) is 2.18. The minimum absolute atomic E-state index is 0.0197. The lowest BCUT2D eigenvalue weighted by atomic mass is 9.49. The van der Waals surface area contributed by atoms with Gasteiger partial charge in [0.1, 0.15) is 17.7 Å². The van der Waals surface area contributed by atoms with E-state index >= 15 is 0 Å². The Morgan fingerprint density at radius 2 is 2.00 bits per heavy atom. The van der Waals surface area contributed by atoms with Gasteiger partial charge in [0.15, 0.2) is 0 Å². The quantitative estimate of drug-likeness (QED) is 0.570. The number of rotatable bonds is 3. The third-order valence-corrected chi connectivity index (χ3v) is 8.32. The maximum absolute atomic E-state index is 13.6. The number of hydrogen-bond acceptors (Lipinski definition) is 6. The largest absolute Gasteiger partial charge is 0.370 e. The van der Waals surface area contributed by atoms with Gasteiger partial charge in [0.25, 0.3) is 5.56 Å². The van der Waals surface area contributed by atoms with Crippen molar-refractivity contribution in [2.75, 3.05) is 24.6 Å². The zero-order valence-corrected chi connectivity index (χ0v) is 19.7. The van der Waals surface area contributed by atoms with Gasteiger partial charge in [-0.3, -0.25) is 14.0 Å². The molecule has 3 aromatic rings. The average Bonchev–Trinajstić information content (AvgIpc) is 3.45. The molecule has 8 nitrogen and oxygen atoms in total. The van der Waals surface area contributed by atoms with E-state index in [0.717, 1.165) is 35.7 Å². The van der Waals surface area contributed by atoms with E-state index < -0.39 is 5.92 Å². The van der Waals surface area contributed by atoms with E-state index in [2.05, 4.69) is 10.00 Å². The number of anilines is 1. The molecule has 0 bridgehead atoms. The first-order chi connectivity index (χ1) is 16.8. The maximum Gasteiger partial charge on any atom is 0.261 e. The number of aromatic nitrogens is 5. The molecule has 2 saturated carbocycles. The molecule has 3 fully saturated rings. The van der Waals surface area contributed by atoms with Gasteiger partial charge in [-0.25, -0.2) is 18.7 Å². The van der Waals surface area contributed by atoms with Crippen LogP contribution in [0.3, 0.4) is 0 Å². The fourth-order valence-electron chi connectivity index (χ4n) is 6.72. The van der Waals surface area contributed by atoms with Crippen LogP contribution in [0.4, 0.5) is 14.6 Å². The van der Waals surface area contributed by atoms with Crippen molar-refractivity contribution < 1.29 is 13.5 Å². The fraction of sp³-hybridized carbons (Fsp3) is 0.600. The van der Waals surface area contributed by atoms with Crippen LogP contribution >= 0.6 is 0 Å². The van der Waals surface area contributed by atoms with Crippen molar-refractivity contribution in [3.8, 4) is 0 Å². The highest BCUT2D eigenvalue weighted by Crippen LogP contribution is 2.67. The topological polar surface area (TPSA) is 78.1 Å². The molecule has 5 heterocycles. The molecule has 10 heteroatoms. The van der Waals surface area contributed by atoms with Gasteiger partial charge >= 0.3 is 0 Å². The second kappa shape index (κ2) is 7.32. The molecular formula is C25H28F2N6O2. The van der Waals surface area contributed by atoms with Crippen molar-refractivity contribution in [2.45, 2.75) is 63.0 Å². The second-order valence-electron chi connectivity index (χ2n) is 10.9. The molecule has 2 aliphatic heterocycles. The number of morpholine rings is 1. The number of alkyl halides is 2. The Morgan fingerprint density at radius 1 is 1.17 bits per heavy atom. The van der Waals surface area contributed by atoms with E-state index in [1.165, 1.54) is 0 Å². The van der Waals surface area contributed by atoms with Crippen LogP contribution in [0, 0.1) is 5.41 Å². The fourth-order valence-corrected chi connectivity index (χ4v) is 6.72. The molecule has 35 heavy (non-hydrogen) atoms. The number of pyridine rings is 1. The first kappa shape index (κ1) is 21.4. The Labute approximate surface area is 200 Å². The summed E-state index contributed by atoms with van der Waals surface area (Å²) in [4.78, 5) is 25.6. The number of nitrogens with zero attached hydrogens (tertiary/aromatic N) is 6. The molecule has 2 aliphatic carbocycles. The standard InChI is InChI=1S/C25H28F2N6O2/c1-31-11-16(10-28-31)18-12-32(5-6-35-18)20-7-17-22(29-19-3-2-4-33(19)23(17)34)21(30-20)15-8-24(9-15)13-25(26,27)14-24/h7,10-11,15,18H,2-6,8-9,12-14H2,1H3. The minimum Gasteiger partial charge on any atom is -0.370 e. The predicted octanol–water partition coefficient (Wildman–Crippen LogP) is 3.34. The van der Waals surface area contributed by atoms with Crippen molar-refractivity contribution in [3.63, 3.8) is 0 Å². The molecule has 0 amide bonds. The van der Waals surface area contributed by atoms with Crippen LogP contribution in [-0.4, -0.2) is 49.9 Å². The summed E-state index contributed by atoms with van der Waals surface area (Å²) in [6.45, 7) is 2.49. The Balaban J connectivity index is 1.27. The number of halogens is 2. The Kier molecular flexibility index (Phi) is 4.47. The Bertz CT molecular complexity index is 1380. The van der Waals surface area contributed by atoms with E-state index in [1.807, 2.05) is 25.5 Å². The van der Waals surface area contributed by atoms with Crippen molar-refractivity contribution >= 4 is 16.7 Å². The number of fused-ring (bicyclic) bond motifs is 2. The molecule has 0 N–H and O–H groups in total. The molecule has 0 radical (unpaired) electrons. The summed E-state index contributed by atoms with van der Waals surface area (Å²) in [5, 5.41) is 4.85. The third-order valence-electron chi connectivity index (χ3n) is 8.32. The monoisotopic (exact) mass is 482 g/mol. The Morgan fingerprint density at radius 3 is 2.74 bits per heavy atom. The number of ether oxygens (including phenoxy) is 1. The summed E-state index contributed by atoms with van der Waals surface area (Å²) in [5.74, 6) is -0.928. The molecule has 1 saturated heterocycles. The van der Waals surface area contributed by atoms with Gasteiger partial charge in [0.05, 0.1) is 29.4 Å². The van der Waals surface area contributed by atoms with E-state index in [9.17, 15) is 13.6 Å². The van der Waals surface area contributed by atoms with Gasteiger partial charge in [-0.1, -0.05) is 0 Å². The van der Waals surface area contributed by atoms with Crippen LogP contribution in [0.15, 0.2) is 23.3 Å². The first-order valence-electron chi connectivity index (χ1n) is 12.5. The highest BCUT2D eigenvalue weighted by Gasteiger charge is 2.62. The van der Waals surface area contributed by atoms with E-state index in [4.69, 9.17) is 14.7 Å². The molecule has 1 atom stereocenters. The van der Waals surface area contributed by atoms with Crippen molar-refractivity contribution in [1.29, 1.82) is 0 Å². The van der Waals surface area contributed by atoms with Crippen molar-refractivity contribution in [1.82, 2.24) is 24.3 Å². The highest BCUT2D eigenvalue weighted by atomic mass is 19.3. The third kappa shape index (κ3) is 3.40. The van der Waals surface area contributed by atoms with E-state index in [1.54, 1.807) is 9.25 Å². The summed E-state index contributed by atoms with van der Waals surface area (Å²) >= 11 is 0. The molecule has 3 aromatic heterocycles. The summed E-state index contributed by atoms with van der Waals surface area (Å²) in [6.07, 6.45) is 6.64. The van der Waals surface area contributed by atoms with Crippen LogP contribution in [0.2, 0.25) is 0 Å². The highest BCUT2D eigenvalue weighted by molar-refractivity contribution is 5.83. The van der Waals surface area contributed by atoms with Gasteiger partial charge in [-0.15, -0.1) is 0 Å². The SMILES string of the molecule is Cn1cc(C2CN(c3cc4c(=O)n5c(nc4c(C4CC6(C4)CC(F)(F)C6)n3)CCC5)CCO2)cn1. The minimum atomic E-state index is -2.53. The Hall–Kier alpha value is -2.88. The lowest BCUT2D eigenvalue weighted by molar-refractivity contribution is -0.196. The lowest BCUT2D eigenvalue weighted by Crippen LogP contribution is -2.53. The average molecular weight is 483 g/mol. The zero-order chi connectivity index (χ0) is 23.9. The predicted molar refractivity (Wildman–Crippen MR) is 125 cm³/mol. The molecule has 0 aromatic carbocycles. The van der Waals surface area contributed by atoms with Gasteiger partial charge in [-0.2, -0.15) is 5.10 Å². The smallest absolute Gasteiger partial charge is 0.261 e. The van der Waals surface area contributed by atoms with Crippen LogP contribution < -0.4 is 10.5 Å². The van der Waals surface area contributed by atoms with Gasteiger partial charge < -0.3 is 9.64 Å². The summed E-state index contributed by atoms with van der Waals surface area (Å²) < 4.78 is 36.8. The van der Waals surface area contributed by atoms with Gasteiger partial charge in [0.2, 0.25) is 5.92 Å². The molecule has 1 unspecified atom stereocenters. The molecule has 7 rings (SSSR count). The van der Waals surface area contributed by atoms with E-state index in [0.29, 0.717) is 50.0 Å². The molecule has 4 aliphatic rings. The molecule has 1 spiro atoms. The molecule has 184 valence electrons.